The third-order valence-corrected chi connectivity index (χ3v) is 6.49. The highest BCUT2D eigenvalue weighted by atomic mass is 16.1. The molecule has 0 aliphatic carbocycles. The first-order valence-corrected chi connectivity index (χ1v) is 11.8. The van der Waals surface area contributed by atoms with Crippen molar-refractivity contribution in [2.75, 3.05) is 6.54 Å². The van der Waals surface area contributed by atoms with Crippen LogP contribution in [-0.4, -0.2) is 31.7 Å². The van der Waals surface area contributed by atoms with E-state index < -0.39 is 6.04 Å². The molecule has 3 heterocycles. The van der Waals surface area contributed by atoms with Crippen LogP contribution in [0.4, 0.5) is 0 Å². The van der Waals surface area contributed by atoms with Crippen LogP contribution in [0.5, 0.6) is 0 Å². The zero-order valence-electron chi connectivity index (χ0n) is 20.2. The fourth-order valence-corrected chi connectivity index (χ4v) is 4.39. The molecule has 3 aromatic heterocycles. The summed E-state index contributed by atoms with van der Waals surface area (Å²) < 4.78 is 3.54. The molecule has 0 fully saturated rings. The minimum Gasteiger partial charge on any atom is -0.303 e. The van der Waals surface area contributed by atoms with Gasteiger partial charge >= 0.3 is 0 Å². The first-order chi connectivity index (χ1) is 17.0. The SMILES string of the molecule is Cc1ccc([C@@H](C)CN[C@@H](C(=O)c2cnn3cc(-c4cnn(C)c4)ccc23)c2ccccc2)cc1. The topological polar surface area (TPSA) is 64.2 Å². The summed E-state index contributed by atoms with van der Waals surface area (Å²) in [6, 6.07) is 22.0. The highest BCUT2D eigenvalue weighted by Gasteiger charge is 2.25. The Morgan fingerprint density at radius 2 is 1.66 bits per heavy atom. The van der Waals surface area contributed by atoms with Crippen LogP contribution in [0.3, 0.4) is 0 Å². The van der Waals surface area contributed by atoms with Gasteiger partial charge in [-0.3, -0.25) is 9.48 Å². The van der Waals surface area contributed by atoms with E-state index in [4.69, 9.17) is 0 Å². The number of ketones is 1. The summed E-state index contributed by atoms with van der Waals surface area (Å²) in [7, 11) is 1.89. The normalized spacial score (nSPS) is 13.1. The van der Waals surface area contributed by atoms with Crippen molar-refractivity contribution in [3.8, 4) is 11.1 Å². The van der Waals surface area contributed by atoms with Gasteiger partial charge in [-0.25, -0.2) is 4.52 Å². The van der Waals surface area contributed by atoms with E-state index in [1.807, 2.05) is 68.1 Å². The number of benzene rings is 2. The lowest BCUT2D eigenvalue weighted by Crippen LogP contribution is -2.31. The molecular weight excluding hydrogens is 434 g/mol. The number of pyridine rings is 1. The number of aromatic nitrogens is 4. The van der Waals surface area contributed by atoms with Crippen LogP contribution in [0, 0.1) is 6.92 Å². The van der Waals surface area contributed by atoms with E-state index in [2.05, 4.69) is 53.6 Å². The lowest BCUT2D eigenvalue weighted by Gasteiger charge is -2.21. The molecule has 176 valence electrons. The zero-order chi connectivity index (χ0) is 24.4. The Kier molecular flexibility index (Phi) is 6.29. The summed E-state index contributed by atoms with van der Waals surface area (Å²) >= 11 is 0. The zero-order valence-corrected chi connectivity index (χ0v) is 20.2. The number of Topliss-reactive ketones (excluding diaryl/α,β-unsaturated/α-hetero) is 1. The average Bonchev–Trinajstić information content (AvgIpc) is 3.51. The van der Waals surface area contributed by atoms with Gasteiger partial charge in [-0.2, -0.15) is 10.2 Å². The summed E-state index contributed by atoms with van der Waals surface area (Å²) in [4.78, 5) is 13.8. The number of nitrogens with zero attached hydrogens (tertiary/aromatic N) is 4. The maximum atomic E-state index is 13.8. The van der Waals surface area contributed by atoms with Crippen LogP contribution in [0.1, 0.15) is 45.9 Å². The number of nitrogens with one attached hydrogen (secondary N) is 1. The van der Waals surface area contributed by atoms with Crippen molar-refractivity contribution in [3.63, 3.8) is 0 Å². The molecule has 0 unspecified atom stereocenters. The number of carbonyl (C=O) groups is 1. The predicted molar refractivity (Wildman–Crippen MR) is 139 cm³/mol. The Labute approximate surface area is 205 Å². The fraction of sp³-hybridized carbons (Fsp3) is 0.207. The molecule has 0 radical (unpaired) electrons. The molecule has 6 heteroatoms. The van der Waals surface area contributed by atoms with Gasteiger partial charge in [-0.15, -0.1) is 0 Å². The highest BCUT2D eigenvalue weighted by molar-refractivity contribution is 6.06. The molecule has 0 aliphatic rings. The van der Waals surface area contributed by atoms with Gasteiger partial charge in [0.25, 0.3) is 0 Å². The molecule has 0 saturated heterocycles. The Morgan fingerprint density at radius 3 is 2.37 bits per heavy atom. The van der Waals surface area contributed by atoms with E-state index in [0.29, 0.717) is 12.1 Å². The molecule has 0 aliphatic heterocycles. The van der Waals surface area contributed by atoms with Crippen molar-refractivity contribution in [1.29, 1.82) is 0 Å². The third kappa shape index (κ3) is 4.79. The first-order valence-electron chi connectivity index (χ1n) is 11.8. The highest BCUT2D eigenvalue weighted by Crippen LogP contribution is 2.25. The van der Waals surface area contributed by atoms with Gasteiger partial charge in [-0.1, -0.05) is 73.2 Å². The van der Waals surface area contributed by atoms with Gasteiger partial charge in [0.1, 0.15) is 0 Å². The monoisotopic (exact) mass is 463 g/mol. The molecule has 0 bridgehead atoms. The van der Waals surface area contributed by atoms with Crippen LogP contribution in [0.15, 0.2) is 91.5 Å². The number of carbonyl (C=O) groups excluding carboxylic acids is 1. The van der Waals surface area contributed by atoms with Crippen LogP contribution in [0.25, 0.3) is 16.6 Å². The van der Waals surface area contributed by atoms with E-state index in [1.165, 1.54) is 11.1 Å². The van der Waals surface area contributed by atoms with Gasteiger partial charge in [0.15, 0.2) is 5.78 Å². The third-order valence-electron chi connectivity index (χ3n) is 6.49. The summed E-state index contributed by atoms with van der Waals surface area (Å²) in [6.07, 6.45) is 7.39. The van der Waals surface area contributed by atoms with Gasteiger partial charge < -0.3 is 5.32 Å². The van der Waals surface area contributed by atoms with Crippen molar-refractivity contribution < 1.29 is 4.79 Å². The minimum atomic E-state index is -0.463. The molecule has 5 aromatic rings. The second kappa shape index (κ2) is 9.68. The fourth-order valence-electron chi connectivity index (χ4n) is 4.39. The van der Waals surface area contributed by atoms with E-state index in [9.17, 15) is 4.79 Å². The van der Waals surface area contributed by atoms with Crippen molar-refractivity contribution in [2.45, 2.75) is 25.8 Å². The van der Waals surface area contributed by atoms with Crippen LogP contribution in [-0.2, 0) is 7.05 Å². The largest absolute Gasteiger partial charge is 0.303 e. The summed E-state index contributed by atoms with van der Waals surface area (Å²) in [5.41, 5.74) is 6.83. The van der Waals surface area contributed by atoms with Gasteiger partial charge in [0, 0.05) is 37.1 Å². The van der Waals surface area contributed by atoms with Crippen molar-refractivity contribution in [2.24, 2.45) is 7.05 Å². The molecule has 0 saturated carbocycles. The maximum Gasteiger partial charge on any atom is 0.188 e. The Hall–Kier alpha value is -4.03. The number of aryl methyl sites for hydroxylation is 2. The maximum absolute atomic E-state index is 13.8. The van der Waals surface area contributed by atoms with Crippen LogP contribution >= 0.6 is 0 Å². The van der Waals surface area contributed by atoms with E-state index in [1.54, 1.807) is 15.4 Å². The first kappa shape index (κ1) is 22.7. The standard InChI is InChI=1S/C29H29N5O/c1-20-9-11-22(12-10-20)21(2)15-30-28(23-7-5-4-6-8-23)29(35)26-17-32-34-19-24(13-14-27(26)34)25-16-31-33(3)18-25/h4-14,16-19,21,28,30H,15H2,1-3H3/t21-,28+/m0/s1. The molecule has 6 nitrogen and oxygen atoms in total. The smallest absolute Gasteiger partial charge is 0.188 e. The van der Waals surface area contributed by atoms with Gasteiger partial charge in [0.2, 0.25) is 0 Å². The Balaban J connectivity index is 1.42. The molecule has 2 atom stereocenters. The summed E-state index contributed by atoms with van der Waals surface area (Å²) in [6.45, 7) is 4.95. The lowest BCUT2D eigenvalue weighted by molar-refractivity contribution is 0.0944. The lowest BCUT2D eigenvalue weighted by atomic mass is 9.95. The van der Waals surface area contributed by atoms with E-state index in [-0.39, 0.29) is 11.7 Å². The number of fused-ring (bicyclic) bond motifs is 1. The van der Waals surface area contributed by atoms with Gasteiger partial charge in [-0.05, 0) is 30.0 Å². The molecular formula is C29H29N5O. The summed E-state index contributed by atoms with van der Waals surface area (Å²) in [5, 5.41) is 12.3. The van der Waals surface area contributed by atoms with Crippen molar-refractivity contribution >= 4 is 11.3 Å². The molecule has 35 heavy (non-hydrogen) atoms. The van der Waals surface area contributed by atoms with E-state index in [0.717, 1.165) is 22.2 Å². The van der Waals surface area contributed by atoms with Crippen molar-refractivity contribution in [3.05, 3.63) is 114 Å². The summed E-state index contributed by atoms with van der Waals surface area (Å²) in [5.74, 6) is 0.275. The van der Waals surface area contributed by atoms with Crippen LogP contribution < -0.4 is 5.32 Å². The number of hydrogen-bond acceptors (Lipinski definition) is 4. The number of hydrogen-bond donors (Lipinski definition) is 1. The molecule has 2 aromatic carbocycles. The van der Waals surface area contributed by atoms with Gasteiger partial charge in [0.05, 0.1) is 29.5 Å². The minimum absolute atomic E-state index is 0.0106. The van der Waals surface area contributed by atoms with E-state index >= 15 is 0 Å². The second-order valence-electron chi connectivity index (χ2n) is 9.14. The molecule has 5 rings (SSSR count). The quantitative estimate of drug-likeness (QED) is 0.315. The molecule has 0 amide bonds. The predicted octanol–water partition coefficient (Wildman–Crippen LogP) is 5.36. The Morgan fingerprint density at radius 1 is 0.886 bits per heavy atom. The van der Waals surface area contributed by atoms with Crippen LogP contribution in [0.2, 0.25) is 0 Å². The average molecular weight is 464 g/mol. The molecule has 0 spiro atoms. The van der Waals surface area contributed by atoms with Crippen molar-refractivity contribution in [1.82, 2.24) is 24.7 Å². The number of rotatable bonds is 8. The second-order valence-corrected chi connectivity index (χ2v) is 9.14. The molecule has 1 N–H and O–H groups in total. The Bertz CT molecular complexity index is 1450.